The Kier molecular flexibility index (Phi) is 7.45. The van der Waals surface area contributed by atoms with E-state index in [1.807, 2.05) is 24.3 Å². The van der Waals surface area contributed by atoms with Crippen molar-refractivity contribution < 1.29 is 19.1 Å². The van der Waals surface area contributed by atoms with Gasteiger partial charge in [0.05, 0.1) is 29.7 Å². The molecule has 0 spiro atoms. The Labute approximate surface area is 169 Å². The van der Waals surface area contributed by atoms with E-state index in [1.165, 1.54) is 11.3 Å². The molecule has 28 heavy (non-hydrogen) atoms. The van der Waals surface area contributed by atoms with Gasteiger partial charge in [-0.3, -0.25) is 9.59 Å². The molecule has 7 heteroatoms. The number of ether oxygens (including phenoxy) is 2. The summed E-state index contributed by atoms with van der Waals surface area (Å²) in [4.78, 5) is 27.0. The Balaban J connectivity index is 1.70. The highest BCUT2D eigenvalue weighted by Gasteiger charge is 2.21. The van der Waals surface area contributed by atoms with Crippen molar-refractivity contribution in [2.45, 2.75) is 19.8 Å². The van der Waals surface area contributed by atoms with Crippen molar-refractivity contribution in [2.24, 2.45) is 0 Å². The van der Waals surface area contributed by atoms with Gasteiger partial charge in [0.2, 0.25) is 0 Å². The third kappa shape index (κ3) is 5.33. The lowest BCUT2D eigenvalue weighted by Gasteiger charge is -2.28. The van der Waals surface area contributed by atoms with Crippen molar-refractivity contribution in [1.29, 1.82) is 0 Å². The number of nitrogens with one attached hydrogen (secondary N) is 1. The summed E-state index contributed by atoms with van der Waals surface area (Å²) >= 11 is 1.51. The maximum Gasteiger partial charge on any atom is 0.305 e. The molecule has 0 unspecified atom stereocenters. The highest BCUT2D eigenvalue weighted by Crippen LogP contribution is 2.39. The number of anilines is 1. The summed E-state index contributed by atoms with van der Waals surface area (Å²) in [5.41, 5.74) is 2.17. The van der Waals surface area contributed by atoms with Gasteiger partial charge in [0.1, 0.15) is 0 Å². The Morgan fingerprint density at radius 3 is 2.68 bits per heavy atom. The van der Waals surface area contributed by atoms with Gasteiger partial charge in [-0.1, -0.05) is 30.3 Å². The molecule has 1 aromatic heterocycles. The summed E-state index contributed by atoms with van der Waals surface area (Å²) in [6.45, 7) is 5.65. The fourth-order valence-electron chi connectivity index (χ4n) is 3.07. The van der Waals surface area contributed by atoms with Gasteiger partial charge in [-0.2, -0.15) is 0 Å². The third-order valence-electron chi connectivity index (χ3n) is 4.47. The molecule has 0 saturated carbocycles. The first kappa shape index (κ1) is 20.4. The van der Waals surface area contributed by atoms with E-state index in [4.69, 9.17) is 9.47 Å². The Morgan fingerprint density at radius 2 is 1.96 bits per heavy atom. The van der Waals surface area contributed by atoms with Crippen LogP contribution in [0.15, 0.2) is 36.4 Å². The summed E-state index contributed by atoms with van der Waals surface area (Å²) in [6.07, 6.45) is 0.880. The maximum atomic E-state index is 12.6. The lowest BCUT2D eigenvalue weighted by atomic mass is 10.1. The zero-order chi connectivity index (χ0) is 19.8. The standard InChI is InChI=1S/C21H26N2O4S/c1-2-27-19(24)9-6-10-22-20(25)18-15-17(16-7-4-3-5-8-16)21(28-18)23-11-13-26-14-12-23/h3-5,7-8,15H,2,6,9-14H2,1H3,(H,22,25). The summed E-state index contributed by atoms with van der Waals surface area (Å²) in [6, 6.07) is 12.1. The highest BCUT2D eigenvalue weighted by atomic mass is 32.1. The van der Waals surface area contributed by atoms with Crippen molar-refractivity contribution in [3.63, 3.8) is 0 Å². The third-order valence-corrected chi connectivity index (χ3v) is 5.66. The minimum absolute atomic E-state index is 0.106. The predicted octanol–water partition coefficient (Wildman–Crippen LogP) is 3.32. The van der Waals surface area contributed by atoms with Crippen molar-refractivity contribution in [2.75, 3.05) is 44.4 Å². The maximum absolute atomic E-state index is 12.6. The van der Waals surface area contributed by atoms with Crippen LogP contribution in [0.4, 0.5) is 5.00 Å². The molecule has 0 aliphatic carbocycles. The summed E-state index contributed by atoms with van der Waals surface area (Å²) in [5.74, 6) is -0.334. The first-order valence-corrected chi connectivity index (χ1v) is 10.5. The number of hydrogen-bond donors (Lipinski definition) is 1. The van der Waals surface area contributed by atoms with Crippen LogP contribution in [0.1, 0.15) is 29.4 Å². The second kappa shape index (κ2) is 10.2. The lowest BCUT2D eigenvalue weighted by Crippen LogP contribution is -2.35. The Hall–Kier alpha value is -2.38. The van der Waals surface area contributed by atoms with Crippen molar-refractivity contribution in [3.8, 4) is 11.1 Å². The molecule has 1 fully saturated rings. The molecule has 1 aliphatic heterocycles. The fraction of sp³-hybridized carbons (Fsp3) is 0.429. The second-order valence-corrected chi connectivity index (χ2v) is 7.49. The number of carbonyl (C=O) groups is 2. The van der Waals surface area contributed by atoms with Gasteiger partial charge < -0.3 is 19.7 Å². The van der Waals surface area contributed by atoms with E-state index in [0.29, 0.717) is 44.1 Å². The zero-order valence-electron chi connectivity index (χ0n) is 16.1. The summed E-state index contributed by atoms with van der Waals surface area (Å²) < 4.78 is 10.4. The van der Waals surface area contributed by atoms with E-state index in [9.17, 15) is 9.59 Å². The Morgan fingerprint density at radius 1 is 1.21 bits per heavy atom. The monoisotopic (exact) mass is 402 g/mol. The number of hydrogen-bond acceptors (Lipinski definition) is 6. The van der Waals surface area contributed by atoms with Crippen LogP contribution in [-0.4, -0.2) is 51.3 Å². The molecule has 0 bridgehead atoms. The average molecular weight is 403 g/mol. The first-order valence-electron chi connectivity index (χ1n) is 9.64. The molecule has 3 rings (SSSR count). The van der Waals surface area contributed by atoms with E-state index in [0.717, 1.165) is 29.2 Å². The summed E-state index contributed by atoms with van der Waals surface area (Å²) in [7, 11) is 0. The van der Waals surface area contributed by atoms with E-state index in [2.05, 4.69) is 22.3 Å². The van der Waals surface area contributed by atoms with E-state index < -0.39 is 0 Å². The molecular weight excluding hydrogens is 376 g/mol. The van der Waals surface area contributed by atoms with Gasteiger partial charge in [0.15, 0.2) is 0 Å². The smallest absolute Gasteiger partial charge is 0.305 e. The molecule has 0 atom stereocenters. The number of esters is 1. The van der Waals surface area contributed by atoms with Crippen LogP contribution in [0.25, 0.3) is 11.1 Å². The molecule has 1 N–H and O–H groups in total. The number of carbonyl (C=O) groups excluding carboxylic acids is 2. The second-order valence-electron chi connectivity index (χ2n) is 6.46. The molecule has 2 aromatic rings. The first-order chi connectivity index (χ1) is 13.7. The highest BCUT2D eigenvalue weighted by molar-refractivity contribution is 7.18. The molecular formula is C21H26N2O4S. The number of benzene rings is 1. The van der Waals surface area contributed by atoms with Crippen LogP contribution in [-0.2, 0) is 14.3 Å². The normalized spacial score (nSPS) is 14.0. The topological polar surface area (TPSA) is 67.9 Å². The number of morpholine rings is 1. The van der Waals surface area contributed by atoms with E-state index in [1.54, 1.807) is 6.92 Å². The number of amides is 1. The van der Waals surface area contributed by atoms with E-state index >= 15 is 0 Å². The molecule has 1 aliphatic rings. The number of thiophene rings is 1. The molecule has 1 amide bonds. The largest absolute Gasteiger partial charge is 0.466 e. The zero-order valence-corrected chi connectivity index (χ0v) is 16.9. The molecule has 6 nitrogen and oxygen atoms in total. The van der Waals surface area contributed by atoms with Crippen LogP contribution >= 0.6 is 11.3 Å². The minimum atomic E-state index is -0.228. The van der Waals surface area contributed by atoms with Gasteiger partial charge in [-0.25, -0.2) is 0 Å². The van der Waals surface area contributed by atoms with Gasteiger partial charge in [0.25, 0.3) is 5.91 Å². The molecule has 1 saturated heterocycles. The SMILES string of the molecule is CCOC(=O)CCCNC(=O)c1cc(-c2ccccc2)c(N2CCOCC2)s1. The molecule has 2 heterocycles. The van der Waals surface area contributed by atoms with Gasteiger partial charge >= 0.3 is 5.97 Å². The van der Waals surface area contributed by atoms with Crippen LogP contribution in [0.3, 0.4) is 0 Å². The van der Waals surface area contributed by atoms with Crippen molar-refractivity contribution >= 4 is 28.2 Å². The minimum Gasteiger partial charge on any atom is -0.466 e. The molecule has 1 aromatic carbocycles. The van der Waals surface area contributed by atoms with Crippen LogP contribution in [0, 0.1) is 0 Å². The van der Waals surface area contributed by atoms with Crippen molar-refractivity contribution in [1.82, 2.24) is 5.32 Å². The lowest BCUT2D eigenvalue weighted by molar-refractivity contribution is -0.143. The number of rotatable bonds is 8. The Bertz CT molecular complexity index is 785. The van der Waals surface area contributed by atoms with Crippen LogP contribution in [0.2, 0.25) is 0 Å². The quantitative estimate of drug-likeness (QED) is 0.542. The van der Waals surface area contributed by atoms with E-state index in [-0.39, 0.29) is 11.9 Å². The fourth-order valence-corrected chi connectivity index (χ4v) is 4.22. The van der Waals surface area contributed by atoms with Gasteiger partial charge in [-0.15, -0.1) is 11.3 Å². The van der Waals surface area contributed by atoms with Crippen molar-refractivity contribution in [3.05, 3.63) is 41.3 Å². The average Bonchev–Trinajstić information content (AvgIpc) is 3.18. The van der Waals surface area contributed by atoms with Gasteiger partial charge in [-0.05, 0) is 25.0 Å². The predicted molar refractivity (Wildman–Crippen MR) is 111 cm³/mol. The van der Waals surface area contributed by atoms with Crippen LogP contribution in [0.5, 0.6) is 0 Å². The molecule has 150 valence electrons. The van der Waals surface area contributed by atoms with Gasteiger partial charge in [0, 0.05) is 31.6 Å². The van der Waals surface area contributed by atoms with Crippen LogP contribution < -0.4 is 10.2 Å². The summed E-state index contributed by atoms with van der Waals surface area (Å²) in [5, 5.41) is 4.01. The molecule has 0 radical (unpaired) electrons. The number of nitrogens with zero attached hydrogens (tertiary/aromatic N) is 1.